The highest BCUT2D eigenvalue weighted by atomic mass is 32.2. The highest BCUT2D eigenvalue weighted by Gasteiger charge is 2.31. The molecule has 1 aliphatic heterocycles. The summed E-state index contributed by atoms with van der Waals surface area (Å²) in [5.74, 6) is -0.246. The van der Waals surface area contributed by atoms with E-state index in [0.717, 1.165) is 5.69 Å². The average molecular weight is 348 g/mol. The number of carbonyl (C=O) groups is 1. The molecule has 24 heavy (non-hydrogen) atoms. The Morgan fingerprint density at radius 1 is 1.54 bits per heavy atom. The van der Waals surface area contributed by atoms with Gasteiger partial charge in [-0.25, -0.2) is 8.42 Å². The normalized spacial score (nSPS) is 19.7. The van der Waals surface area contributed by atoms with Crippen molar-refractivity contribution in [3.05, 3.63) is 35.2 Å². The second-order valence-corrected chi connectivity index (χ2v) is 7.98. The van der Waals surface area contributed by atoms with Crippen molar-refractivity contribution in [3.8, 4) is 6.07 Å². The van der Waals surface area contributed by atoms with Crippen LogP contribution in [0.2, 0.25) is 0 Å². The molecule has 0 aromatic carbocycles. The Labute approximate surface area is 141 Å². The maximum atomic E-state index is 12.0. The van der Waals surface area contributed by atoms with E-state index in [2.05, 4.69) is 17.0 Å². The van der Waals surface area contributed by atoms with Gasteiger partial charge in [0.25, 0.3) is 5.91 Å². The van der Waals surface area contributed by atoms with E-state index in [1.54, 1.807) is 11.6 Å². The Bertz CT molecular complexity index is 843. The first kappa shape index (κ1) is 17.9. The molecule has 1 N–H and O–H groups in total. The van der Waals surface area contributed by atoms with Gasteiger partial charge in [0.15, 0.2) is 9.84 Å². The molecule has 0 unspecified atom stereocenters. The van der Waals surface area contributed by atoms with Crippen LogP contribution < -0.4 is 5.32 Å². The molecule has 1 atom stereocenters. The molecule has 0 saturated carbocycles. The maximum absolute atomic E-state index is 12.0. The fourth-order valence-electron chi connectivity index (χ4n) is 2.76. The second kappa shape index (κ2) is 7.01. The highest BCUT2D eigenvalue weighted by Crippen LogP contribution is 2.27. The van der Waals surface area contributed by atoms with Crippen LogP contribution in [0.5, 0.6) is 0 Å². The van der Waals surface area contributed by atoms with Gasteiger partial charge in [-0.3, -0.25) is 9.48 Å². The lowest BCUT2D eigenvalue weighted by Crippen LogP contribution is -2.24. The molecule has 128 valence electrons. The zero-order valence-corrected chi connectivity index (χ0v) is 14.6. The van der Waals surface area contributed by atoms with E-state index >= 15 is 0 Å². The van der Waals surface area contributed by atoms with E-state index in [1.165, 1.54) is 12.2 Å². The van der Waals surface area contributed by atoms with Gasteiger partial charge in [0.2, 0.25) is 0 Å². The Kier molecular flexibility index (Phi) is 5.24. The number of carbonyl (C=O) groups excluding carboxylic acids is 1. The van der Waals surface area contributed by atoms with Crippen molar-refractivity contribution < 1.29 is 13.2 Å². The minimum atomic E-state index is -3.02. The number of hydrogen-bond acceptors (Lipinski definition) is 5. The van der Waals surface area contributed by atoms with E-state index in [4.69, 9.17) is 0 Å². The Hall–Kier alpha value is -2.40. The monoisotopic (exact) mass is 348 g/mol. The summed E-state index contributed by atoms with van der Waals surface area (Å²) in [5.41, 5.74) is 2.05. The van der Waals surface area contributed by atoms with Gasteiger partial charge in [0.05, 0.1) is 23.2 Å². The number of nitrogens with one attached hydrogen (secondary N) is 1. The summed E-state index contributed by atoms with van der Waals surface area (Å²) < 4.78 is 25.0. The van der Waals surface area contributed by atoms with Gasteiger partial charge in [-0.1, -0.05) is 6.08 Å². The fourth-order valence-corrected chi connectivity index (χ4v) is 4.45. The van der Waals surface area contributed by atoms with Crippen molar-refractivity contribution >= 4 is 21.8 Å². The van der Waals surface area contributed by atoms with Gasteiger partial charge < -0.3 is 5.32 Å². The molecule has 0 aliphatic carbocycles. The summed E-state index contributed by atoms with van der Waals surface area (Å²) in [7, 11) is -3.02. The first-order chi connectivity index (χ1) is 11.3. The molecule has 1 saturated heterocycles. The molecule has 2 rings (SSSR count). The summed E-state index contributed by atoms with van der Waals surface area (Å²) in [6.07, 6.45) is 3.55. The van der Waals surface area contributed by atoms with Crippen LogP contribution >= 0.6 is 0 Å². The average Bonchev–Trinajstić information content (AvgIpc) is 3.02. The minimum absolute atomic E-state index is 0.0263. The summed E-state index contributed by atoms with van der Waals surface area (Å²) in [5, 5.41) is 16.2. The number of nitrogens with zero attached hydrogens (tertiary/aromatic N) is 3. The van der Waals surface area contributed by atoms with Crippen LogP contribution in [0, 0.1) is 25.2 Å². The van der Waals surface area contributed by atoms with Gasteiger partial charge in [0.1, 0.15) is 11.6 Å². The van der Waals surface area contributed by atoms with Gasteiger partial charge in [0, 0.05) is 17.8 Å². The standard InChI is InChI=1S/C16H20N4O3S/c1-4-6-18-16(21)13(9-17)8-15-11(2)19-20(12(15)3)14-5-7-24(22,23)10-14/h4,8,14H,1,5-7,10H2,2-3H3,(H,18,21)/b13-8+/t14-/m0/s1. The predicted octanol–water partition coefficient (Wildman–Crippen LogP) is 1.07. The van der Waals surface area contributed by atoms with Crippen molar-refractivity contribution in [1.29, 1.82) is 5.26 Å². The van der Waals surface area contributed by atoms with Crippen LogP contribution in [-0.4, -0.2) is 42.2 Å². The van der Waals surface area contributed by atoms with Gasteiger partial charge >= 0.3 is 0 Å². The van der Waals surface area contributed by atoms with Gasteiger partial charge in [-0.05, 0) is 26.3 Å². The SMILES string of the molecule is C=CCNC(=O)/C(C#N)=C/c1c(C)nn([C@H]2CCS(=O)(=O)C2)c1C. The van der Waals surface area contributed by atoms with Gasteiger partial charge in [-0.2, -0.15) is 10.4 Å². The molecule has 1 aliphatic rings. The highest BCUT2D eigenvalue weighted by molar-refractivity contribution is 7.91. The molecule has 1 amide bonds. The second-order valence-electron chi connectivity index (χ2n) is 5.75. The molecule has 1 fully saturated rings. The summed E-state index contributed by atoms with van der Waals surface area (Å²) in [4.78, 5) is 12.0. The molecule has 0 bridgehead atoms. The van der Waals surface area contributed by atoms with E-state index < -0.39 is 15.7 Å². The Morgan fingerprint density at radius 3 is 2.79 bits per heavy atom. The first-order valence-corrected chi connectivity index (χ1v) is 9.38. The van der Waals surface area contributed by atoms with Crippen molar-refractivity contribution in [2.45, 2.75) is 26.3 Å². The number of aryl methyl sites for hydroxylation is 1. The lowest BCUT2D eigenvalue weighted by molar-refractivity contribution is -0.116. The summed E-state index contributed by atoms with van der Waals surface area (Å²) in [6.45, 7) is 7.37. The third-order valence-corrected chi connectivity index (χ3v) is 5.75. The molecule has 7 nitrogen and oxygen atoms in total. The topological polar surface area (TPSA) is 105 Å². The smallest absolute Gasteiger partial charge is 0.262 e. The van der Waals surface area contributed by atoms with E-state index in [-0.39, 0.29) is 29.7 Å². The summed E-state index contributed by atoms with van der Waals surface area (Å²) in [6, 6.07) is 1.69. The van der Waals surface area contributed by atoms with E-state index in [1.807, 2.05) is 13.0 Å². The number of hydrogen-bond donors (Lipinski definition) is 1. The molecule has 0 spiro atoms. The molecule has 2 heterocycles. The number of rotatable bonds is 5. The van der Waals surface area contributed by atoms with Crippen LogP contribution in [-0.2, 0) is 14.6 Å². The van der Waals surface area contributed by atoms with Crippen molar-refractivity contribution in [2.75, 3.05) is 18.1 Å². The van der Waals surface area contributed by atoms with Gasteiger partial charge in [-0.15, -0.1) is 6.58 Å². The lowest BCUT2D eigenvalue weighted by Gasteiger charge is -2.11. The molecular formula is C16H20N4O3S. The quantitative estimate of drug-likeness (QED) is 0.487. The van der Waals surface area contributed by atoms with E-state index in [9.17, 15) is 18.5 Å². The number of amides is 1. The van der Waals surface area contributed by atoms with Crippen LogP contribution in [0.25, 0.3) is 6.08 Å². The molecule has 0 radical (unpaired) electrons. The van der Waals surface area contributed by atoms with Crippen LogP contribution in [0.1, 0.15) is 29.4 Å². The fraction of sp³-hybridized carbons (Fsp3) is 0.438. The Balaban J connectivity index is 2.35. The van der Waals surface area contributed by atoms with E-state index in [0.29, 0.717) is 17.7 Å². The number of nitriles is 1. The predicted molar refractivity (Wildman–Crippen MR) is 90.8 cm³/mol. The lowest BCUT2D eigenvalue weighted by atomic mass is 10.1. The van der Waals surface area contributed by atoms with Crippen molar-refractivity contribution in [1.82, 2.24) is 15.1 Å². The molecule has 8 heteroatoms. The van der Waals surface area contributed by atoms with Crippen LogP contribution in [0.15, 0.2) is 18.2 Å². The largest absolute Gasteiger partial charge is 0.348 e. The maximum Gasteiger partial charge on any atom is 0.262 e. The van der Waals surface area contributed by atoms with Crippen LogP contribution in [0.3, 0.4) is 0 Å². The number of sulfone groups is 1. The summed E-state index contributed by atoms with van der Waals surface area (Å²) >= 11 is 0. The third-order valence-electron chi connectivity index (χ3n) is 4.00. The van der Waals surface area contributed by atoms with Crippen molar-refractivity contribution in [3.63, 3.8) is 0 Å². The third kappa shape index (κ3) is 3.74. The van der Waals surface area contributed by atoms with Crippen LogP contribution in [0.4, 0.5) is 0 Å². The zero-order valence-electron chi connectivity index (χ0n) is 13.7. The minimum Gasteiger partial charge on any atom is -0.348 e. The number of aromatic nitrogens is 2. The first-order valence-electron chi connectivity index (χ1n) is 7.56. The Morgan fingerprint density at radius 2 is 2.25 bits per heavy atom. The molecule has 1 aromatic heterocycles. The molecule has 1 aromatic rings. The molecular weight excluding hydrogens is 328 g/mol. The zero-order chi connectivity index (χ0) is 17.9. The van der Waals surface area contributed by atoms with Crippen molar-refractivity contribution in [2.24, 2.45) is 0 Å².